The molecular weight excluding hydrogens is 447 g/mol. The second-order valence-corrected chi connectivity index (χ2v) is 6.25. The third-order valence-corrected chi connectivity index (χ3v) is 4.48. The zero-order chi connectivity index (χ0) is 16.6. The summed E-state index contributed by atoms with van der Waals surface area (Å²) in [6.07, 6.45) is 2.51. The Morgan fingerprint density at radius 1 is 1.24 bits per heavy atom. The molecule has 0 atom stereocenters. The van der Waals surface area contributed by atoms with Gasteiger partial charge in [-0.2, -0.15) is 5.10 Å². The molecule has 1 aromatic carbocycles. The van der Waals surface area contributed by atoms with Gasteiger partial charge in [0.1, 0.15) is 6.33 Å². The van der Waals surface area contributed by atoms with Crippen LogP contribution in [0.1, 0.15) is 10.4 Å². The molecule has 8 heteroatoms. The van der Waals surface area contributed by atoms with Crippen molar-refractivity contribution in [3.63, 3.8) is 0 Å². The highest BCUT2D eigenvalue weighted by Gasteiger charge is 2.03. The third kappa shape index (κ3) is 5.82. The van der Waals surface area contributed by atoms with Crippen molar-refractivity contribution in [2.75, 3.05) is 13.6 Å². The van der Waals surface area contributed by atoms with Crippen LogP contribution in [0.5, 0.6) is 0 Å². The Hall–Kier alpha value is -1.94. The van der Waals surface area contributed by atoms with Gasteiger partial charge in [-0.1, -0.05) is 24.3 Å². The number of aliphatic imine (C=N–C) groups is 1. The molecule has 0 radical (unpaired) electrons. The maximum Gasteiger partial charge on any atom is 0.191 e. The van der Waals surface area contributed by atoms with Gasteiger partial charge in [-0.3, -0.25) is 10.1 Å². The van der Waals surface area contributed by atoms with E-state index >= 15 is 0 Å². The number of rotatable bonds is 6. The summed E-state index contributed by atoms with van der Waals surface area (Å²) < 4.78 is 0. The first-order valence-corrected chi connectivity index (χ1v) is 8.64. The molecule has 2 heterocycles. The average Bonchev–Trinajstić information content (AvgIpc) is 3.31. The number of guanidine groups is 1. The summed E-state index contributed by atoms with van der Waals surface area (Å²) in [7, 11) is 1.78. The van der Waals surface area contributed by atoms with Crippen molar-refractivity contribution >= 4 is 41.3 Å². The fourth-order valence-electron chi connectivity index (χ4n) is 2.34. The van der Waals surface area contributed by atoms with E-state index in [9.17, 15) is 0 Å². The summed E-state index contributed by atoms with van der Waals surface area (Å²) in [4.78, 5) is 9.82. The Morgan fingerprint density at radius 2 is 2.16 bits per heavy atom. The molecule has 0 amide bonds. The Balaban J connectivity index is 0.00000225. The summed E-state index contributed by atoms with van der Waals surface area (Å²) in [5.74, 6) is 1.58. The second-order valence-electron chi connectivity index (χ2n) is 5.22. The number of nitrogens with one attached hydrogen (secondary N) is 3. The lowest BCUT2D eigenvalue weighted by atomic mass is 10.1. The van der Waals surface area contributed by atoms with Crippen LogP contribution in [0, 0.1) is 0 Å². The van der Waals surface area contributed by atoms with Gasteiger partial charge >= 0.3 is 0 Å². The maximum absolute atomic E-state index is 4.26. The van der Waals surface area contributed by atoms with E-state index in [-0.39, 0.29) is 24.0 Å². The van der Waals surface area contributed by atoms with Crippen LogP contribution in [0.15, 0.2) is 53.1 Å². The molecule has 0 saturated carbocycles. The second kappa shape index (κ2) is 10.1. The molecule has 3 N–H and O–H groups in total. The molecule has 6 nitrogen and oxygen atoms in total. The van der Waals surface area contributed by atoms with Crippen molar-refractivity contribution in [3.8, 4) is 11.4 Å². The number of benzene rings is 1. The Bertz CT molecular complexity index is 770. The summed E-state index contributed by atoms with van der Waals surface area (Å²) in [6.45, 7) is 1.55. The van der Waals surface area contributed by atoms with Crippen LogP contribution in [0.2, 0.25) is 0 Å². The number of nitrogens with zero attached hydrogens (tertiary/aromatic N) is 3. The van der Waals surface area contributed by atoms with Crippen LogP contribution < -0.4 is 10.6 Å². The van der Waals surface area contributed by atoms with Crippen LogP contribution in [-0.2, 0) is 13.0 Å². The summed E-state index contributed by atoms with van der Waals surface area (Å²) in [5, 5.41) is 15.5. The molecule has 0 aliphatic rings. The van der Waals surface area contributed by atoms with Crippen LogP contribution >= 0.6 is 35.3 Å². The molecular formula is C17H21IN6S. The molecule has 0 saturated heterocycles. The van der Waals surface area contributed by atoms with Gasteiger partial charge in [0.15, 0.2) is 11.8 Å². The summed E-state index contributed by atoms with van der Waals surface area (Å²) >= 11 is 1.78. The maximum atomic E-state index is 4.26. The first kappa shape index (κ1) is 19.4. The molecule has 0 fully saturated rings. The van der Waals surface area contributed by atoms with E-state index in [1.807, 2.05) is 12.1 Å². The van der Waals surface area contributed by atoms with Crippen molar-refractivity contribution in [3.05, 3.63) is 58.5 Å². The van der Waals surface area contributed by atoms with E-state index in [4.69, 9.17) is 0 Å². The smallest absolute Gasteiger partial charge is 0.191 e. The normalized spacial score (nSPS) is 11.0. The minimum Gasteiger partial charge on any atom is -0.356 e. The number of thiophene rings is 1. The Labute approximate surface area is 168 Å². The highest BCUT2D eigenvalue weighted by molar-refractivity contribution is 14.0. The topological polar surface area (TPSA) is 78.0 Å². The number of hydrogen-bond acceptors (Lipinski definition) is 4. The zero-order valence-electron chi connectivity index (χ0n) is 13.9. The molecule has 3 rings (SSSR count). The van der Waals surface area contributed by atoms with Crippen LogP contribution in [0.4, 0.5) is 0 Å². The first-order valence-electron chi connectivity index (χ1n) is 7.77. The molecule has 2 aromatic heterocycles. The number of aromatic amines is 1. The van der Waals surface area contributed by atoms with Crippen LogP contribution in [-0.4, -0.2) is 34.7 Å². The zero-order valence-corrected chi connectivity index (χ0v) is 17.0. The van der Waals surface area contributed by atoms with Gasteiger partial charge < -0.3 is 10.6 Å². The molecule has 0 bridgehead atoms. The highest BCUT2D eigenvalue weighted by atomic mass is 127. The Morgan fingerprint density at radius 3 is 2.88 bits per heavy atom. The lowest BCUT2D eigenvalue weighted by molar-refractivity contribution is 0.799. The predicted octanol–water partition coefficient (Wildman–Crippen LogP) is 3.06. The standard InChI is InChI=1S/C17H20N6S.HI/c1-18-17(19-8-7-15-6-3-9-24-15)20-11-13-4-2-5-14(10-13)16-21-12-22-23-16;/h2-6,9-10,12H,7-8,11H2,1H3,(H2,18,19,20)(H,21,22,23);1H. The average molecular weight is 468 g/mol. The fourth-order valence-corrected chi connectivity index (χ4v) is 3.05. The Kier molecular flexibility index (Phi) is 7.86. The number of H-pyrrole nitrogens is 1. The summed E-state index contributed by atoms with van der Waals surface area (Å²) in [5.41, 5.74) is 2.18. The lowest BCUT2D eigenvalue weighted by Crippen LogP contribution is -2.37. The minimum absolute atomic E-state index is 0. The molecule has 3 aromatic rings. The van der Waals surface area contributed by atoms with Gasteiger partial charge in [-0.15, -0.1) is 35.3 Å². The van der Waals surface area contributed by atoms with Gasteiger partial charge in [-0.25, -0.2) is 4.98 Å². The van der Waals surface area contributed by atoms with Gasteiger partial charge in [0.2, 0.25) is 0 Å². The van der Waals surface area contributed by atoms with Gasteiger partial charge in [0.25, 0.3) is 0 Å². The van der Waals surface area contributed by atoms with E-state index in [1.54, 1.807) is 18.4 Å². The fraction of sp³-hybridized carbons (Fsp3) is 0.235. The van der Waals surface area contributed by atoms with E-state index in [0.717, 1.165) is 35.9 Å². The minimum atomic E-state index is 0. The van der Waals surface area contributed by atoms with Crippen molar-refractivity contribution in [2.24, 2.45) is 4.99 Å². The SMILES string of the molecule is CN=C(NCCc1cccs1)NCc1cccc(-c2ncn[nH]2)c1.I. The number of halogens is 1. The summed E-state index contributed by atoms with van der Waals surface area (Å²) in [6, 6.07) is 12.4. The van der Waals surface area contributed by atoms with E-state index < -0.39 is 0 Å². The van der Waals surface area contributed by atoms with E-state index in [0.29, 0.717) is 6.54 Å². The highest BCUT2D eigenvalue weighted by Crippen LogP contribution is 2.15. The molecule has 132 valence electrons. The quantitative estimate of drug-likeness (QED) is 0.295. The number of hydrogen-bond donors (Lipinski definition) is 3. The molecule has 0 spiro atoms. The van der Waals surface area contributed by atoms with Gasteiger partial charge in [0, 0.05) is 30.6 Å². The lowest BCUT2D eigenvalue weighted by Gasteiger charge is -2.12. The van der Waals surface area contributed by atoms with Crippen LogP contribution in [0.25, 0.3) is 11.4 Å². The predicted molar refractivity (Wildman–Crippen MR) is 113 cm³/mol. The van der Waals surface area contributed by atoms with E-state index in [2.05, 4.69) is 60.5 Å². The van der Waals surface area contributed by atoms with Gasteiger partial charge in [0.05, 0.1) is 0 Å². The van der Waals surface area contributed by atoms with Crippen molar-refractivity contribution in [1.82, 2.24) is 25.8 Å². The largest absolute Gasteiger partial charge is 0.356 e. The molecule has 25 heavy (non-hydrogen) atoms. The monoisotopic (exact) mass is 468 g/mol. The molecule has 0 aliphatic carbocycles. The van der Waals surface area contributed by atoms with Gasteiger partial charge in [-0.05, 0) is 29.5 Å². The van der Waals surface area contributed by atoms with E-state index in [1.165, 1.54) is 11.2 Å². The first-order chi connectivity index (χ1) is 11.8. The van der Waals surface area contributed by atoms with Crippen molar-refractivity contribution in [2.45, 2.75) is 13.0 Å². The molecule has 0 unspecified atom stereocenters. The third-order valence-electron chi connectivity index (χ3n) is 3.54. The van der Waals surface area contributed by atoms with Crippen molar-refractivity contribution < 1.29 is 0 Å². The number of aromatic nitrogens is 3. The van der Waals surface area contributed by atoms with Crippen LogP contribution in [0.3, 0.4) is 0 Å². The van der Waals surface area contributed by atoms with Crippen molar-refractivity contribution in [1.29, 1.82) is 0 Å². The molecule has 0 aliphatic heterocycles.